The Morgan fingerprint density at radius 1 is 1.17 bits per heavy atom. The van der Waals surface area contributed by atoms with Gasteiger partial charge in [-0.15, -0.1) is 0 Å². The highest BCUT2D eigenvalue weighted by molar-refractivity contribution is 5.40. The molecular weight excluding hydrogens is 224 g/mol. The third-order valence-corrected chi connectivity index (χ3v) is 2.66. The minimum Gasteiger partial charge on any atom is -0.370 e. The van der Waals surface area contributed by atoms with Crippen LogP contribution in [0.5, 0.6) is 0 Å². The standard InChI is InChI=1S/C14H18N4/c1-11-10-13(18-14(15)17-11)16-9-5-8-12-6-3-2-4-7-12/h2-4,6-7,10H,5,8-9H2,1H3,(H3,15,16,17,18). The van der Waals surface area contributed by atoms with E-state index in [0.717, 1.165) is 30.9 Å². The summed E-state index contributed by atoms with van der Waals surface area (Å²) < 4.78 is 0. The molecule has 2 aromatic rings. The summed E-state index contributed by atoms with van der Waals surface area (Å²) in [7, 11) is 0. The number of rotatable bonds is 5. The van der Waals surface area contributed by atoms with Crippen molar-refractivity contribution in [1.82, 2.24) is 9.97 Å². The molecule has 0 atom stereocenters. The first-order valence-electron chi connectivity index (χ1n) is 6.13. The summed E-state index contributed by atoms with van der Waals surface area (Å²) in [6, 6.07) is 12.4. The van der Waals surface area contributed by atoms with Gasteiger partial charge in [0.05, 0.1) is 0 Å². The van der Waals surface area contributed by atoms with Gasteiger partial charge in [-0.05, 0) is 25.3 Å². The van der Waals surface area contributed by atoms with Crippen LogP contribution in [0.2, 0.25) is 0 Å². The van der Waals surface area contributed by atoms with E-state index in [0.29, 0.717) is 5.95 Å². The lowest BCUT2D eigenvalue weighted by atomic mass is 10.1. The molecule has 1 aromatic carbocycles. The highest BCUT2D eigenvalue weighted by atomic mass is 15.1. The third kappa shape index (κ3) is 3.73. The fourth-order valence-electron chi connectivity index (χ4n) is 1.84. The van der Waals surface area contributed by atoms with Crippen LogP contribution in [0.15, 0.2) is 36.4 Å². The molecule has 18 heavy (non-hydrogen) atoms. The van der Waals surface area contributed by atoms with Gasteiger partial charge in [0.25, 0.3) is 0 Å². The molecule has 0 fully saturated rings. The first-order chi connectivity index (χ1) is 8.74. The molecule has 0 amide bonds. The van der Waals surface area contributed by atoms with E-state index in [1.807, 2.05) is 19.1 Å². The van der Waals surface area contributed by atoms with E-state index in [1.165, 1.54) is 5.56 Å². The van der Waals surface area contributed by atoms with Crippen LogP contribution >= 0.6 is 0 Å². The summed E-state index contributed by atoms with van der Waals surface area (Å²) in [5.74, 6) is 1.12. The number of hydrogen-bond donors (Lipinski definition) is 2. The zero-order chi connectivity index (χ0) is 12.8. The van der Waals surface area contributed by atoms with E-state index in [1.54, 1.807) is 0 Å². The molecule has 4 heteroatoms. The second-order valence-electron chi connectivity index (χ2n) is 4.27. The molecule has 1 heterocycles. The zero-order valence-electron chi connectivity index (χ0n) is 10.6. The van der Waals surface area contributed by atoms with Crippen LogP contribution in [-0.2, 0) is 6.42 Å². The van der Waals surface area contributed by atoms with Gasteiger partial charge in [-0.1, -0.05) is 30.3 Å². The van der Waals surface area contributed by atoms with Crippen molar-refractivity contribution in [2.75, 3.05) is 17.6 Å². The highest BCUT2D eigenvalue weighted by Gasteiger charge is 1.98. The molecular formula is C14H18N4. The number of aryl methyl sites for hydroxylation is 2. The van der Waals surface area contributed by atoms with Gasteiger partial charge in [0.1, 0.15) is 5.82 Å². The van der Waals surface area contributed by atoms with Crippen LogP contribution in [0.4, 0.5) is 11.8 Å². The first-order valence-corrected chi connectivity index (χ1v) is 6.13. The monoisotopic (exact) mass is 242 g/mol. The number of anilines is 2. The molecule has 0 bridgehead atoms. The quantitative estimate of drug-likeness (QED) is 0.790. The van der Waals surface area contributed by atoms with Crippen molar-refractivity contribution in [3.8, 4) is 0 Å². The smallest absolute Gasteiger partial charge is 0.222 e. The van der Waals surface area contributed by atoms with Gasteiger partial charge in [0.15, 0.2) is 0 Å². The van der Waals surface area contributed by atoms with Gasteiger partial charge in [0.2, 0.25) is 5.95 Å². The number of aromatic nitrogens is 2. The molecule has 0 unspecified atom stereocenters. The maximum atomic E-state index is 5.59. The van der Waals surface area contributed by atoms with Crippen molar-refractivity contribution in [1.29, 1.82) is 0 Å². The van der Waals surface area contributed by atoms with Crippen molar-refractivity contribution < 1.29 is 0 Å². The lowest BCUT2D eigenvalue weighted by molar-refractivity contribution is 0.858. The Morgan fingerprint density at radius 2 is 1.94 bits per heavy atom. The van der Waals surface area contributed by atoms with Crippen molar-refractivity contribution >= 4 is 11.8 Å². The minimum absolute atomic E-state index is 0.320. The van der Waals surface area contributed by atoms with Crippen LogP contribution in [0.3, 0.4) is 0 Å². The van der Waals surface area contributed by atoms with Crippen molar-refractivity contribution in [2.45, 2.75) is 19.8 Å². The number of nitrogens with two attached hydrogens (primary N) is 1. The molecule has 0 saturated heterocycles. The maximum Gasteiger partial charge on any atom is 0.222 e. The van der Waals surface area contributed by atoms with Crippen molar-refractivity contribution in [3.63, 3.8) is 0 Å². The molecule has 1 aromatic heterocycles. The molecule has 0 aliphatic rings. The molecule has 0 saturated carbocycles. The summed E-state index contributed by atoms with van der Waals surface area (Å²) in [6.07, 6.45) is 2.13. The lowest BCUT2D eigenvalue weighted by Gasteiger charge is -2.06. The van der Waals surface area contributed by atoms with Gasteiger partial charge >= 0.3 is 0 Å². The molecule has 0 radical (unpaired) electrons. The minimum atomic E-state index is 0.320. The van der Waals surface area contributed by atoms with E-state index >= 15 is 0 Å². The second-order valence-corrected chi connectivity index (χ2v) is 4.27. The number of nitrogens with one attached hydrogen (secondary N) is 1. The molecule has 4 nitrogen and oxygen atoms in total. The van der Waals surface area contributed by atoms with Crippen LogP contribution in [-0.4, -0.2) is 16.5 Å². The summed E-state index contributed by atoms with van der Waals surface area (Å²) in [4.78, 5) is 8.17. The number of benzene rings is 1. The normalized spacial score (nSPS) is 10.3. The Balaban J connectivity index is 1.78. The Labute approximate surface area is 107 Å². The molecule has 3 N–H and O–H groups in total. The largest absolute Gasteiger partial charge is 0.370 e. The summed E-state index contributed by atoms with van der Waals surface area (Å²) >= 11 is 0. The van der Waals surface area contributed by atoms with Crippen molar-refractivity contribution in [3.05, 3.63) is 47.7 Å². The highest BCUT2D eigenvalue weighted by Crippen LogP contribution is 2.08. The Kier molecular flexibility index (Phi) is 4.12. The van der Waals surface area contributed by atoms with Crippen LogP contribution < -0.4 is 11.1 Å². The second kappa shape index (κ2) is 6.00. The van der Waals surface area contributed by atoms with Crippen LogP contribution in [0, 0.1) is 6.92 Å². The number of hydrogen-bond acceptors (Lipinski definition) is 4. The molecule has 0 aliphatic heterocycles. The zero-order valence-corrected chi connectivity index (χ0v) is 10.6. The summed E-state index contributed by atoms with van der Waals surface area (Å²) in [5.41, 5.74) is 7.83. The fourth-order valence-corrected chi connectivity index (χ4v) is 1.84. The average molecular weight is 242 g/mol. The number of nitrogens with zero attached hydrogens (tertiary/aromatic N) is 2. The van der Waals surface area contributed by atoms with E-state index in [4.69, 9.17) is 5.73 Å². The van der Waals surface area contributed by atoms with Crippen LogP contribution in [0.25, 0.3) is 0 Å². The molecule has 0 aliphatic carbocycles. The molecule has 2 rings (SSSR count). The predicted octanol–water partition coefficient (Wildman–Crippen LogP) is 2.41. The average Bonchev–Trinajstić information content (AvgIpc) is 2.35. The lowest BCUT2D eigenvalue weighted by Crippen LogP contribution is -2.07. The number of nitrogen functional groups attached to an aromatic ring is 1. The van der Waals surface area contributed by atoms with Gasteiger partial charge in [-0.25, -0.2) is 4.98 Å². The predicted molar refractivity (Wildman–Crippen MR) is 74.4 cm³/mol. The Morgan fingerprint density at radius 3 is 2.67 bits per heavy atom. The third-order valence-electron chi connectivity index (χ3n) is 2.66. The van der Waals surface area contributed by atoms with E-state index in [2.05, 4.69) is 39.6 Å². The summed E-state index contributed by atoms with van der Waals surface area (Å²) in [5, 5.41) is 3.27. The van der Waals surface area contributed by atoms with Crippen molar-refractivity contribution in [2.24, 2.45) is 0 Å². The van der Waals surface area contributed by atoms with E-state index in [-0.39, 0.29) is 0 Å². The Bertz CT molecular complexity index is 476. The van der Waals surface area contributed by atoms with E-state index in [9.17, 15) is 0 Å². The first kappa shape index (κ1) is 12.4. The fraction of sp³-hybridized carbons (Fsp3) is 0.286. The Hall–Kier alpha value is -2.10. The topological polar surface area (TPSA) is 63.8 Å². The van der Waals surface area contributed by atoms with E-state index < -0.39 is 0 Å². The maximum absolute atomic E-state index is 5.59. The van der Waals surface area contributed by atoms with Gasteiger partial charge < -0.3 is 11.1 Å². The van der Waals surface area contributed by atoms with Gasteiger partial charge in [-0.2, -0.15) is 4.98 Å². The van der Waals surface area contributed by atoms with Gasteiger partial charge in [-0.3, -0.25) is 0 Å². The molecule has 94 valence electrons. The SMILES string of the molecule is Cc1cc(NCCCc2ccccc2)nc(N)n1. The van der Waals surface area contributed by atoms with Crippen LogP contribution in [0.1, 0.15) is 17.7 Å². The molecule has 0 spiro atoms. The van der Waals surface area contributed by atoms with Gasteiger partial charge in [0, 0.05) is 18.3 Å². The summed E-state index contributed by atoms with van der Waals surface area (Å²) in [6.45, 7) is 2.79.